The van der Waals surface area contributed by atoms with E-state index in [1.165, 1.54) is 6.33 Å². The second-order valence-electron chi connectivity index (χ2n) is 5.73. The molecule has 8 heteroatoms. The van der Waals surface area contributed by atoms with Crippen LogP contribution in [0.15, 0.2) is 48.8 Å². The fourth-order valence-corrected chi connectivity index (χ4v) is 2.60. The molecule has 0 aliphatic heterocycles. The van der Waals surface area contributed by atoms with E-state index in [0.29, 0.717) is 46.9 Å². The van der Waals surface area contributed by atoms with Crippen LogP contribution in [0.1, 0.15) is 6.92 Å². The second kappa shape index (κ2) is 8.81. The van der Waals surface area contributed by atoms with Gasteiger partial charge in [-0.05, 0) is 31.2 Å². The van der Waals surface area contributed by atoms with Crippen LogP contribution < -0.4 is 30.6 Å². The van der Waals surface area contributed by atoms with Crippen LogP contribution in [0.3, 0.4) is 0 Å². The van der Waals surface area contributed by atoms with Crippen LogP contribution >= 0.6 is 0 Å². The van der Waals surface area contributed by atoms with E-state index in [0.717, 1.165) is 5.69 Å². The number of hydrogen-bond acceptors (Lipinski definition) is 8. The minimum Gasteiger partial charge on any atom is -0.497 e. The molecule has 0 unspecified atom stereocenters. The van der Waals surface area contributed by atoms with Crippen LogP contribution in [0.4, 0.5) is 28.7 Å². The lowest BCUT2D eigenvalue weighted by atomic mass is 10.2. The summed E-state index contributed by atoms with van der Waals surface area (Å²) in [6.45, 7) is 2.49. The van der Waals surface area contributed by atoms with Crippen LogP contribution in [0, 0.1) is 0 Å². The number of nitrogens with zero attached hydrogens (tertiary/aromatic N) is 2. The van der Waals surface area contributed by atoms with E-state index >= 15 is 0 Å². The maximum absolute atomic E-state index is 6.29. The van der Waals surface area contributed by atoms with E-state index in [1.54, 1.807) is 20.3 Å². The molecular formula is C20H23N5O3. The van der Waals surface area contributed by atoms with Gasteiger partial charge in [0.15, 0.2) is 11.6 Å². The Morgan fingerprint density at radius 3 is 2.21 bits per heavy atom. The highest BCUT2D eigenvalue weighted by Crippen LogP contribution is 2.35. The molecule has 4 N–H and O–H groups in total. The lowest BCUT2D eigenvalue weighted by Crippen LogP contribution is -2.06. The predicted octanol–water partition coefficient (Wildman–Crippen LogP) is 3.96. The summed E-state index contributed by atoms with van der Waals surface area (Å²) >= 11 is 0. The van der Waals surface area contributed by atoms with Crippen molar-refractivity contribution in [1.29, 1.82) is 0 Å². The average molecular weight is 381 g/mol. The molecule has 0 bridgehead atoms. The van der Waals surface area contributed by atoms with Gasteiger partial charge in [-0.25, -0.2) is 9.97 Å². The van der Waals surface area contributed by atoms with Crippen molar-refractivity contribution >= 4 is 28.7 Å². The zero-order valence-corrected chi connectivity index (χ0v) is 16.0. The fourth-order valence-electron chi connectivity index (χ4n) is 2.60. The van der Waals surface area contributed by atoms with Gasteiger partial charge in [-0.3, -0.25) is 0 Å². The van der Waals surface area contributed by atoms with Crippen LogP contribution in [0.2, 0.25) is 0 Å². The van der Waals surface area contributed by atoms with Crippen LogP contribution in [-0.4, -0.2) is 30.8 Å². The molecule has 3 rings (SSSR count). The van der Waals surface area contributed by atoms with E-state index in [-0.39, 0.29) is 0 Å². The highest BCUT2D eigenvalue weighted by atomic mass is 16.5. The number of anilines is 5. The first-order chi connectivity index (χ1) is 13.7. The van der Waals surface area contributed by atoms with E-state index in [9.17, 15) is 0 Å². The Morgan fingerprint density at radius 2 is 1.57 bits per heavy atom. The van der Waals surface area contributed by atoms with Gasteiger partial charge >= 0.3 is 0 Å². The van der Waals surface area contributed by atoms with Crippen molar-refractivity contribution in [3.63, 3.8) is 0 Å². The van der Waals surface area contributed by atoms with Crippen molar-refractivity contribution in [2.45, 2.75) is 6.92 Å². The number of nitrogens with two attached hydrogens (primary N) is 1. The highest BCUT2D eigenvalue weighted by molar-refractivity contribution is 5.82. The molecule has 0 saturated heterocycles. The summed E-state index contributed by atoms with van der Waals surface area (Å²) in [6, 6.07) is 13.0. The number of nitrogen functional groups attached to an aromatic ring is 1. The summed E-state index contributed by atoms with van der Waals surface area (Å²) in [6.07, 6.45) is 1.43. The second-order valence-corrected chi connectivity index (χ2v) is 5.73. The van der Waals surface area contributed by atoms with Gasteiger partial charge in [-0.15, -0.1) is 0 Å². The monoisotopic (exact) mass is 381 g/mol. The minimum absolute atomic E-state index is 0.367. The largest absolute Gasteiger partial charge is 0.497 e. The molecule has 28 heavy (non-hydrogen) atoms. The number of aromatic nitrogens is 2. The average Bonchev–Trinajstić information content (AvgIpc) is 2.72. The molecule has 0 spiro atoms. The molecule has 3 aromatic rings. The summed E-state index contributed by atoms with van der Waals surface area (Å²) in [5.41, 5.74) is 8.13. The third-order valence-corrected chi connectivity index (χ3v) is 3.99. The number of methoxy groups -OCH3 is 2. The fraction of sp³-hybridized carbons (Fsp3) is 0.200. The Balaban J connectivity index is 1.88. The maximum atomic E-state index is 6.29. The summed E-state index contributed by atoms with van der Waals surface area (Å²) in [4.78, 5) is 8.50. The van der Waals surface area contributed by atoms with Crippen LogP contribution in [0.5, 0.6) is 17.2 Å². The zero-order chi connectivity index (χ0) is 19.9. The first-order valence-corrected chi connectivity index (χ1v) is 8.74. The van der Waals surface area contributed by atoms with Gasteiger partial charge in [-0.1, -0.05) is 12.1 Å². The standard InChI is InChI=1S/C20H23N5O3/c1-4-28-16-8-6-5-7-14(16)24-19-18(21)20(23-12-22-19)25-15-10-9-13(26-2)11-17(15)27-3/h5-12H,4,21H2,1-3H3,(H2,22,23,24,25). The Kier molecular flexibility index (Phi) is 6.01. The summed E-state index contributed by atoms with van der Waals surface area (Å²) in [5, 5.41) is 6.39. The molecule has 146 valence electrons. The molecule has 0 aliphatic carbocycles. The zero-order valence-electron chi connectivity index (χ0n) is 16.0. The van der Waals surface area contributed by atoms with Crippen molar-refractivity contribution in [1.82, 2.24) is 9.97 Å². The van der Waals surface area contributed by atoms with Gasteiger partial charge in [0.1, 0.15) is 29.3 Å². The quantitative estimate of drug-likeness (QED) is 0.539. The third kappa shape index (κ3) is 4.17. The Bertz CT molecular complexity index is 949. The van der Waals surface area contributed by atoms with E-state index < -0.39 is 0 Å². The number of para-hydroxylation sites is 2. The van der Waals surface area contributed by atoms with Gasteiger partial charge in [-0.2, -0.15) is 0 Å². The van der Waals surface area contributed by atoms with Gasteiger partial charge in [0.2, 0.25) is 0 Å². The van der Waals surface area contributed by atoms with Gasteiger partial charge in [0, 0.05) is 6.07 Å². The molecule has 0 radical (unpaired) electrons. The molecular weight excluding hydrogens is 358 g/mol. The lowest BCUT2D eigenvalue weighted by molar-refractivity contribution is 0.342. The lowest BCUT2D eigenvalue weighted by Gasteiger charge is -2.16. The molecule has 0 saturated carbocycles. The topological polar surface area (TPSA) is 104 Å². The van der Waals surface area contributed by atoms with Crippen LogP contribution in [-0.2, 0) is 0 Å². The number of ether oxygens (including phenoxy) is 3. The SMILES string of the molecule is CCOc1ccccc1Nc1ncnc(Nc2ccc(OC)cc2OC)c1N. The van der Waals surface area contributed by atoms with Gasteiger partial charge in [0.05, 0.1) is 32.2 Å². The first-order valence-electron chi connectivity index (χ1n) is 8.74. The Morgan fingerprint density at radius 1 is 0.893 bits per heavy atom. The smallest absolute Gasteiger partial charge is 0.159 e. The summed E-state index contributed by atoms with van der Waals surface area (Å²) in [7, 11) is 3.18. The van der Waals surface area contributed by atoms with Gasteiger partial charge < -0.3 is 30.6 Å². The molecule has 0 aliphatic rings. The highest BCUT2D eigenvalue weighted by Gasteiger charge is 2.13. The van der Waals surface area contributed by atoms with Gasteiger partial charge in [0.25, 0.3) is 0 Å². The third-order valence-electron chi connectivity index (χ3n) is 3.99. The van der Waals surface area contributed by atoms with Crippen molar-refractivity contribution in [2.75, 3.05) is 37.2 Å². The van der Waals surface area contributed by atoms with Crippen molar-refractivity contribution in [3.8, 4) is 17.2 Å². The summed E-state index contributed by atoms with van der Waals surface area (Å²) in [5.74, 6) is 2.93. The molecule has 1 heterocycles. The number of benzene rings is 2. The molecule has 1 aromatic heterocycles. The predicted molar refractivity (Wildman–Crippen MR) is 110 cm³/mol. The molecule has 0 amide bonds. The van der Waals surface area contributed by atoms with Crippen LogP contribution in [0.25, 0.3) is 0 Å². The Labute approximate surface area is 163 Å². The molecule has 0 fully saturated rings. The number of rotatable bonds is 8. The van der Waals surface area contributed by atoms with Crippen molar-refractivity contribution < 1.29 is 14.2 Å². The number of nitrogens with one attached hydrogen (secondary N) is 2. The van der Waals surface area contributed by atoms with E-state index in [1.807, 2.05) is 43.3 Å². The molecule has 8 nitrogen and oxygen atoms in total. The van der Waals surface area contributed by atoms with Crippen molar-refractivity contribution in [2.24, 2.45) is 0 Å². The maximum Gasteiger partial charge on any atom is 0.159 e. The van der Waals surface area contributed by atoms with Crippen molar-refractivity contribution in [3.05, 3.63) is 48.8 Å². The Hall–Kier alpha value is -3.68. The normalized spacial score (nSPS) is 10.2. The number of hydrogen-bond donors (Lipinski definition) is 3. The molecule has 0 atom stereocenters. The minimum atomic E-state index is 0.367. The summed E-state index contributed by atoms with van der Waals surface area (Å²) < 4.78 is 16.3. The first kappa shape index (κ1) is 19.1. The van der Waals surface area contributed by atoms with E-state index in [2.05, 4.69) is 20.6 Å². The molecule has 2 aromatic carbocycles. The van der Waals surface area contributed by atoms with E-state index in [4.69, 9.17) is 19.9 Å².